The highest BCUT2D eigenvalue weighted by Crippen LogP contribution is 2.34. The molecule has 2 aliphatic heterocycles. The summed E-state index contributed by atoms with van der Waals surface area (Å²) in [6.07, 6.45) is 2.74. The van der Waals surface area contributed by atoms with Gasteiger partial charge in [-0.25, -0.2) is 0 Å². The molecule has 1 saturated heterocycles. The molecule has 0 radical (unpaired) electrons. The summed E-state index contributed by atoms with van der Waals surface area (Å²) >= 11 is 0. The Balaban J connectivity index is 1.58. The zero-order chi connectivity index (χ0) is 22.7. The van der Waals surface area contributed by atoms with Crippen LogP contribution in [-0.2, 0) is 16.0 Å². The van der Waals surface area contributed by atoms with E-state index in [0.29, 0.717) is 24.2 Å². The van der Waals surface area contributed by atoms with E-state index in [1.165, 1.54) is 4.90 Å². The number of hydrogen-bond acceptors (Lipinski definition) is 5. The van der Waals surface area contributed by atoms with Crippen molar-refractivity contribution in [1.29, 1.82) is 0 Å². The van der Waals surface area contributed by atoms with Gasteiger partial charge in [0.2, 0.25) is 0 Å². The average Bonchev–Trinajstić information content (AvgIpc) is 3.39. The van der Waals surface area contributed by atoms with E-state index >= 15 is 0 Å². The summed E-state index contributed by atoms with van der Waals surface area (Å²) < 4.78 is 10.9. The molecule has 4 rings (SSSR count). The second-order valence-electron chi connectivity index (χ2n) is 8.47. The number of ether oxygens (including phenoxy) is 2. The third-order valence-electron chi connectivity index (χ3n) is 5.86. The van der Waals surface area contributed by atoms with Crippen molar-refractivity contribution in [3.63, 3.8) is 0 Å². The Bertz CT molecular complexity index is 1000. The number of amides is 2. The minimum Gasteiger partial charge on any atom is -0.497 e. The van der Waals surface area contributed by atoms with Gasteiger partial charge >= 0.3 is 0 Å². The second-order valence-corrected chi connectivity index (χ2v) is 8.47. The van der Waals surface area contributed by atoms with Gasteiger partial charge in [0.05, 0.1) is 18.8 Å². The zero-order valence-corrected chi connectivity index (χ0v) is 19.0. The molecular weight excluding hydrogens is 404 g/mol. The minimum atomic E-state index is -0.220. The maximum Gasteiger partial charge on any atom is 0.277 e. The van der Waals surface area contributed by atoms with Gasteiger partial charge in [0.1, 0.15) is 17.2 Å². The Kier molecular flexibility index (Phi) is 6.49. The third-order valence-corrected chi connectivity index (χ3v) is 5.86. The number of likely N-dealkylation sites (tertiary alicyclic amines) is 1. The Morgan fingerprint density at radius 3 is 2.09 bits per heavy atom. The predicted molar refractivity (Wildman–Crippen MR) is 123 cm³/mol. The predicted octanol–water partition coefficient (Wildman–Crippen LogP) is 3.90. The number of nitrogens with zero attached hydrogens (tertiary/aromatic N) is 2. The van der Waals surface area contributed by atoms with E-state index < -0.39 is 0 Å². The highest BCUT2D eigenvalue weighted by Gasteiger charge is 2.41. The van der Waals surface area contributed by atoms with E-state index in [2.05, 4.69) is 4.90 Å². The monoisotopic (exact) mass is 434 g/mol. The lowest BCUT2D eigenvalue weighted by Crippen LogP contribution is -2.36. The van der Waals surface area contributed by atoms with Gasteiger partial charge in [0.25, 0.3) is 11.8 Å². The molecule has 2 heterocycles. The van der Waals surface area contributed by atoms with Crippen LogP contribution in [0, 0.1) is 0 Å². The van der Waals surface area contributed by atoms with Crippen molar-refractivity contribution in [3.05, 3.63) is 65.4 Å². The molecule has 2 amide bonds. The van der Waals surface area contributed by atoms with Crippen LogP contribution in [0.1, 0.15) is 37.8 Å². The molecule has 0 N–H and O–H groups in total. The van der Waals surface area contributed by atoms with Gasteiger partial charge in [-0.1, -0.05) is 24.3 Å². The number of carbonyl (C=O) groups excluding carboxylic acids is 2. The molecular formula is C26H30N2O4. The van der Waals surface area contributed by atoms with Gasteiger partial charge in [-0.3, -0.25) is 14.5 Å². The molecule has 0 aliphatic carbocycles. The Morgan fingerprint density at radius 2 is 1.50 bits per heavy atom. The lowest BCUT2D eigenvalue weighted by atomic mass is 10.0. The topological polar surface area (TPSA) is 59.1 Å². The van der Waals surface area contributed by atoms with Crippen LogP contribution in [0.15, 0.2) is 54.2 Å². The third kappa shape index (κ3) is 4.49. The molecule has 6 heteroatoms. The highest BCUT2D eigenvalue weighted by molar-refractivity contribution is 6.35. The van der Waals surface area contributed by atoms with Gasteiger partial charge in [0, 0.05) is 19.6 Å². The molecule has 0 aromatic heterocycles. The summed E-state index contributed by atoms with van der Waals surface area (Å²) in [5.41, 5.74) is 2.86. The molecule has 0 bridgehead atoms. The summed E-state index contributed by atoms with van der Waals surface area (Å²) in [5, 5.41) is 0. The molecule has 0 unspecified atom stereocenters. The van der Waals surface area contributed by atoms with E-state index in [1.807, 2.05) is 62.4 Å². The lowest BCUT2D eigenvalue weighted by Gasteiger charge is -2.20. The van der Waals surface area contributed by atoms with Crippen LogP contribution < -0.4 is 9.47 Å². The average molecular weight is 435 g/mol. The Labute approximate surface area is 189 Å². The van der Waals surface area contributed by atoms with Crippen molar-refractivity contribution in [1.82, 2.24) is 9.80 Å². The first-order valence-electron chi connectivity index (χ1n) is 11.2. The van der Waals surface area contributed by atoms with Crippen molar-refractivity contribution < 1.29 is 19.1 Å². The quantitative estimate of drug-likeness (QED) is 0.590. The molecule has 1 fully saturated rings. The van der Waals surface area contributed by atoms with Crippen molar-refractivity contribution in [3.8, 4) is 11.5 Å². The maximum atomic E-state index is 13.4. The van der Waals surface area contributed by atoms with Gasteiger partial charge in [-0.15, -0.1) is 0 Å². The normalized spacial score (nSPS) is 16.5. The fraction of sp³-hybridized carbons (Fsp3) is 0.385. The largest absolute Gasteiger partial charge is 0.497 e. The highest BCUT2D eigenvalue weighted by atomic mass is 16.5. The Hall–Kier alpha value is -3.28. The van der Waals surface area contributed by atoms with Crippen molar-refractivity contribution >= 4 is 17.4 Å². The van der Waals surface area contributed by atoms with E-state index in [0.717, 1.165) is 48.6 Å². The number of imide groups is 1. The summed E-state index contributed by atoms with van der Waals surface area (Å²) in [7, 11) is 1.63. The number of hydrogen-bond donors (Lipinski definition) is 0. The summed E-state index contributed by atoms with van der Waals surface area (Å²) in [4.78, 5) is 30.3. The molecule has 0 atom stereocenters. The second kappa shape index (κ2) is 9.47. The molecule has 32 heavy (non-hydrogen) atoms. The van der Waals surface area contributed by atoms with Crippen LogP contribution in [-0.4, -0.2) is 54.5 Å². The van der Waals surface area contributed by atoms with Crippen molar-refractivity contribution in [2.75, 3.05) is 26.7 Å². The number of methoxy groups -OCH3 is 1. The van der Waals surface area contributed by atoms with Gasteiger partial charge < -0.3 is 14.4 Å². The fourth-order valence-corrected chi connectivity index (χ4v) is 4.27. The lowest BCUT2D eigenvalue weighted by molar-refractivity contribution is -0.137. The first-order chi connectivity index (χ1) is 15.5. The first kappa shape index (κ1) is 21.9. The maximum absolute atomic E-state index is 13.4. The number of carbonyl (C=O) groups is 2. The molecule has 2 aromatic rings. The van der Waals surface area contributed by atoms with Crippen molar-refractivity contribution in [2.45, 2.75) is 39.2 Å². The van der Waals surface area contributed by atoms with E-state index in [-0.39, 0.29) is 17.9 Å². The number of rotatable bonds is 8. The SMILES string of the molecule is COc1ccc(CCN2C(=O)C(c3ccc(OC(C)C)cc3)=C(N3CCCC3)C2=O)cc1. The van der Waals surface area contributed by atoms with Crippen LogP contribution in [0.2, 0.25) is 0 Å². The zero-order valence-electron chi connectivity index (χ0n) is 19.0. The fourth-order valence-electron chi connectivity index (χ4n) is 4.27. The van der Waals surface area contributed by atoms with Crippen LogP contribution in [0.4, 0.5) is 0 Å². The van der Waals surface area contributed by atoms with E-state index in [4.69, 9.17) is 9.47 Å². The molecule has 0 spiro atoms. The van der Waals surface area contributed by atoms with E-state index in [1.54, 1.807) is 7.11 Å². The molecule has 2 aromatic carbocycles. The van der Waals surface area contributed by atoms with Gasteiger partial charge in [-0.2, -0.15) is 0 Å². The molecule has 2 aliphatic rings. The molecule has 0 saturated carbocycles. The smallest absolute Gasteiger partial charge is 0.277 e. The van der Waals surface area contributed by atoms with Crippen LogP contribution >= 0.6 is 0 Å². The Morgan fingerprint density at radius 1 is 0.875 bits per heavy atom. The standard InChI is InChI=1S/C26H30N2O4/c1-18(2)32-22-12-8-20(9-13-22)23-24(27-15-4-5-16-27)26(30)28(25(23)29)17-14-19-6-10-21(31-3)11-7-19/h6-13,18H,4-5,14-17H2,1-3H3. The van der Waals surface area contributed by atoms with Gasteiger partial charge in [-0.05, 0) is 68.5 Å². The van der Waals surface area contributed by atoms with Crippen LogP contribution in [0.5, 0.6) is 11.5 Å². The number of benzene rings is 2. The van der Waals surface area contributed by atoms with Crippen LogP contribution in [0.3, 0.4) is 0 Å². The minimum absolute atomic E-state index is 0.0726. The van der Waals surface area contributed by atoms with Crippen molar-refractivity contribution in [2.24, 2.45) is 0 Å². The molecule has 6 nitrogen and oxygen atoms in total. The van der Waals surface area contributed by atoms with Gasteiger partial charge in [0.15, 0.2) is 0 Å². The van der Waals surface area contributed by atoms with E-state index in [9.17, 15) is 9.59 Å². The summed E-state index contributed by atoms with van der Waals surface area (Å²) in [6.45, 7) is 5.90. The molecule has 168 valence electrons. The van der Waals surface area contributed by atoms with Crippen LogP contribution in [0.25, 0.3) is 5.57 Å². The summed E-state index contributed by atoms with van der Waals surface area (Å²) in [5.74, 6) is 1.12. The summed E-state index contributed by atoms with van der Waals surface area (Å²) in [6, 6.07) is 15.2. The first-order valence-corrected chi connectivity index (χ1v) is 11.2.